The van der Waals surface area contributed by atoms with Crippen LogP contribution in [0.5, 0.6) is 46.0 Å². The summed E-state index contributed by atoms with van der Waals surface area (Å²) < 4.78 is 29.6. The van der Waals surface area contributed by atoms with Gasteiger partial charge in [-0.2, -0.15) is 0 Å². The Morgan fingerprint density at radius 3 is 0.800 bits per heavy atom. The van der Waals surface area contributed by atoms with Gasteiger partial charge in [-0.25, -0.2) is 0 Å². The average Bonchev–Trinajstić information content (AvgIpc) is 0.671. The van der Waals surface area contributed by atoms with E-state index >= 15 is 28.8 Å². The Morgan fingerprint density at radius 1 is 0.300 bits per heavy atom. The van der Waals surface area contributed by atoms with E-state index in [1.54, 1.807) is 72.8 Å². The second-order valence-corrected chi connectivity index (χ2v) is 26.3. The zero-order chi connectivity index (χ0) is 69.4. The van der Waals surface area contributed by atoms with Gasteiger partial charge in [0.05, 0.1) is 22.3 Å². The molecule has 2 unspecified atom stereocenters. The molecular weight excluding hydrogens is 1250 g/mol. The minimum absolute atomic E-state index is 0.0278. The lowest BCUT2D eigenvalue weighted by molar-refractivity contribution is -0.120. The van der Waals surface area contributed by atoms with Gasteiger partial charge in [-0.05, 0) is 162 Å². The van der Waals surface area contributed by atoms with Gasteiger partial charge in [-0.15, -0.1) is 0 Å². The molecule has 492 valence electrons. The van der Waals surface area contributed by atoms with Gasteiger partial charge in [0.2, 0.25) is 11.8 Å². The van der Waals surface area contributed by atoms with Crippen LogP contribution in [0.4, 0.5) is 11.4 Å². The topological polar surface area (TPSA) is 170 Å². The molecule has 2 aliphatic heterocycles. The summed E-state index contributed by atoms with van der Waals surface area (Å²) in [5, 5.41) is 8.33. The van der Waals surface area contributed by atoms with E-state index in [4.69, 9.17) is 18.9 Å². The molecule has 0 aromatic heterocycles. The predicted octanol–water partition coefficient (Wildman–Crippen LogP) is 19.1. The highest BCUT2D eigenvalue weighted by Crippen LogP contribution is 2.58. The number of aryl methyl sites for hydroxylation is 8. The Bertz CT molecular complexity index is 4980. The standard InChI is InChI=1S/C86H68N4O10/c1-47-29-33-65(51(5)37-47)97-69-43-59-73-60(84(94)89(83(59)93)63(41-55-21-13-9-14-22-55)81(91)87-57-25-17-11-18-26-57)45-71(99-67-35-31-49(3)39-53(67)7)77-78-72(100-68-36-32-50(4)40-54(68)8)46-62-74-61(44-70(76(80(74)78)75(69)79(73)77)98-66-34-30-48(2)38-52(66)6)85(95)90(86(62)96)64(42-56-23-15-10-16-24-56)82(92)88-58-27-19-12-20-28-58/h9-40,43-46,63-64H,41-42H2,1-8H3,(H,87,91)(H,88,92). The zero-order valence-corrected chi connectivity index (χ0v) is 56.3. The van der Waals surface area contributed by atoms with Gasteiger partial charge >= 0.3 is 0 Å². The number of fused-ring (bicyclic) bond motifs is 2. The van der Waals surface area contributed by atoms with Crippen molar-refractivity contribution in [1.29, 1.82) is 0 Å². The quantitative estimate of drug-likeness (QED) is 0.0479. The van der Waals surface area contributed by atoms with Crippen molar-refractivity contribution in [1.82, 2.24) is 9.80 Å². The molecule has 13 aromatic carbocycles. The molecule has 15 rings (SSSR count). The maximum absolute atomic E-state index is 16.5. The number of para-hydroxylation sites is 2. The molecule has 0 bridgehead atoms. The molecule has 0 aliphatic carbocycles. The van der Waals surface area contributed by atoms with Crippen molar-refractivity contribution in [2.24, 2.45) is 0 Å². The Hall–Kier alpha value is -12.4. The largest absolute Gasteiger partial charge is 0.456 e. The molecule has 2 heterocycles. The summed E-state index contributed by atoms with van der Waals surface area (Å²) in [7, 11) is 0. The molecule has 0 saturated heterocycles. The summed E-state index contributed by atoms with van der Waals surface area (Å²) in [4.78, 5) is 98.7. The van der Waals surface area contributed by atoms with E-state index in [0.717, 1.165) is 54.3 Å². The number of carbonyl (C=O) groups is 6. The van der Waals surface area contributed by atoms with Crippen molar-refractivity contribution in [3.8, 4) is 46.0 Å². The van der Waals surface area contributed by atoms with Crippen molar-refractivity contribution in [3.63, 3.8) is 0 Å². The summed E-state index contributed by atoms with van der Waals surface area (Å²) in [5.74, 6) is -2.19. The molecule has 0 fully saturated rings. The third kappa shape index (κ3) is 11.4. The lowest BCUT2D eigenvalue weighted by Crippen LogP contribution is -2.53. The van der Waals surface area contributed by atoms with Crippen molar-refractivity contribution in [3.05, 3.63) is 296 Å². The number of carbonyl (C=O) groups excluding carboxylic acids is 6. The number of ether oxygens (including phenoxy) is 4. The minimum atomic E-state index is -1.41. The van der Waals surface area contributed by atoms with Crippen LogP contribution in [0.1, 0.15) is 97.1 Å². The van der Waals surface area contributed by atoms with E-state index in [0.29, 0.717) is 77.8 Å². The first-order valence-electron chi connectivity index (χ1n) is 33.3. The molecule has 2 atom stereocenters. The van der Waals surface area contributed by atoms with Gasteiger partial charge in [0.15, 0.2) is 0 Å². The summed E-state index contributed by atoms with van der Waals surface area (Å²) in [6, 6.07) is 62.9. The molecule has 2 aliphatic rings. The SMILES string of the molecule is Cc1ccc(Oc2cc3c4c(cc(Oc5ccc(C)cc5C)c5c6c(Oc7ccc(C)cc7C)cc7c8c(cc(Oc9ccc(C)cc9C)c(c2c45)c86)C(=O)N(C(Cc2ccccc2)C(=O)Nc2ccccc2)C7=O)C(=O)N(C(Cc2ccccc2)C(=O)Nc2ccccc2)C3=O)c(C)c1. The monoisotopic (exact) mass is 1320 g/mol. The smallest absolute Gasteiger partial charge is 0.262 e. The molecule has 0 saturated carbocycles. The number of nitrogens with one attached hydrogen (secondary N) is 2. The fourth-order valence-electron chi connectivity index (χ4n) is 14.3. The summed E-state index contributed by atoms with van der Waals surface area (Å²) in [5.41, 5.74) is 9.26. The fraction of sp³-hybridized carbons (Fsp3) is 0.140. The van der Waals surface area contributed by atoms with Gasteiger partial charge in [-0.3, -0.25) is 38.6 Å². The number of nitrogens with zero attached hydrogens (tertiary/aromatic N) is 2. The van der Waals surface area contributed by atoms with Crippen molar-refractivity contribution in [2.45, 2.75) is 80.3 Å². The first-order chi connectivity index (χ1) is 48.3. The van der Waals surface area contributed by atoms with E-state index in [1.807, 2.05) is 201 Å². The lowest BCUT2D eigenvalue weighted by Gasteiger charge is -2.36. The van der Waals surface area contributed by atoms with Gasteiger partial charge in [0.1, 0.15) is 58.1 Å². The van der Waals surface area contributed by atoms with Crippen LogP contribution in [0.2, 0.25) is 0 Å². The average molecular weight is 1320 g/mol. The van der Waals surface area contributed by atoms with Crippen LogP contribution < -0.4 is 29.6 Å². The first-order valence-corrected chi connectivity index (χ1v) is 33.3. The van der Waals surface area contributed by atoms with Crippen LogP contribution in [0, 0.1) is 55.4 Å². The van der Waals surface area contributed by atoms with E-state index < -0.39 is 47.5 Å². The number of rotatable bonds is 18. The number of anilines is 2. The highest BCUT2D eigenvalue weighted by molar-refractivity contribution is 6.45. The Labute approximate surface area is 577 Å². The second kappa shape index (κ2) is 25.5. The van der Waals surface area contributed by atoms with Crippen molar-refractivity contribution < 1.29 is 47.7 Å². The van der Waals surface area contributed by atoms with E-state index in [2.05, 4.69) is 10.6 Å². The van der Waals surface area contributed by atoms with Crippen LogP contribution in [0.3, 0.4) is 0 Å². The molecule has 6 amide bonds. The maximum atomic E-state index is 16.5. The molecule has 100 heavy (non-hydrogen) atoms. The highest BCUT2D eigenvalue weighted by atomic mass is 16.5. The Kier molecular flexibility index (Phi) is 16.2. The van der Waals surface area contributed by atoms with Crippen LogP contribution in [0.25, 0.3) is 43.1 Å². The normalized spacial score (nSPS) is 13.3. The third-order valence-electron chi connectivity index (χ3n) is 19.0. The molecular formula is C86H68N4O10. The third-order valence-corrected chi connectivity index (χ3v) is 19.0. The molecule has 14 nitrogen and oxygen atoms in total. The minimum Gasteiger partial charge on any atom is -0.456 e. The predicted molar refractivity (Wildman–Crippen MR) is 391 cm³/mol. The fourth-order valence-corrected chi connectivity index (χ4v) is 14.3. The number of amides is 6. The first kappa shape index (κ1) is 63.6. The van der Waals surface area contributed by atoms with Gasteiger partial charge in [0.25, 0.3) is 23.6 Å². The molecule has 0 spiro atoms. The second-order valence-electron chi connectivity index (χ2n) is 26.3. The number of benzene rings is 13. The Balaban J connectivity index is 1.11. The molecule has 2 N–H and O–H groups in total. The zero-order valence-electron chi connectivity index (χ0n) is 56.3. The van der Waals surface area contributed by atoms with Gasteiger partial charge in [0, 0.05) is 67.3 Å². The van der Waals surface area contributed by atoms with E-state index in [-0.39, 0.29) is 68.9 Å². The Morgan fingerprint density at radius 2 is 0.550 bits per heavy atom. The van der Waals surface area contributed by atoms with Crippen molar-refractivity contribution in [2.75, 3.05) is 10.6 Å². The summed E-state index contributed by atoms with van der Waals surface area (Å²) in [6.45, 7) is 15.6. The highest BCUT2D eigenvalue weighted by Gasteiger charge is 2.47. The van der Waals surface area contributed by atoms with Crippen LogP contribution >= 0.6 is 0 Å². The van der Waals surface area contributed by atoms with Crippen LogP contribution in [-0.4, -0.2) is 57.3 Å². The van der Waals surface area contributed by atoms with Gasteiger partial charge < -0.3 is 29.6 Å². The molecule has 13 aromatic rings. The maximum Gasteiger partial charge on any atom is 0.262 e. The summed E-state index contributed by atoms with van der Waals surface area (Å²) in [6.07, 6.45) is -0.108. The van der Waals surface area contributed by atoms with Crippen molar-refractivity contribution >= 4 is 89.9 Å². The number of hydrogen-bond acceptors (Lipinski definition) is 10. The molecule has 14 heteroatoms. The summed E-state index contributed by atoms with van der Waals surface area (Å²) >= 11 is 0. The van der Waals surface area contributed by atoms with Gasteiger partial charge in [-0.1, -0.05) is 168 Å². The van der Waals surface area contributed by atoms with E-state index in [9.17, 15) is 0 Å². The van der Waals surface area contributed by atoms with Crippen LogP contribution in [0.15, 0.2) is 218 Å². The number of hydrogen-bond donors (Lipinski definition) is 2. The lowest BCUT2D eigenvalue weighted by atomic mass is 9.80. The van der Waals surface area contributed by atoms with E-state index in [1.165, 1.54) is 0 Å². The van der Waals surface area contributed by atoms with Crippen LogP contribution in [-0.2, 0) is 22.4 Å². The molecule has 0 radical (unpaired) electrons. The number of imide groups is 2.